The molecule has 1 atom stereocenters. The second-order valence-electron chi connectivity index (χ2n) is 3.17. The van der Waals surface area contributed by atoms with E-state index in [1.165, 1.54) is 0 Å². The summed E-state index contributed by atoms with van der Waals surface area (Å²) >= 11 is 0. The molecule has 1 N–H and O–H groups in total. The first kappa shape index (κ1) is 10.7. The van der Waals surface area contributed by atoms with E-state index in [1.54, 1.807) is 13.8 Å². The smallest absolute Gasteiger partial charge is 0.142 e. The van der Waals surface area contributed by atoms with Crippen LogP contribution in [0.25, 0.3) is 0 Å². The average molecular weight is 193 g/mol. The van der Waals surface area contributed by atoms with E-state index < -0.39 is 6.10 Å². The number of nitrogens with zero attached hydrogens (tertiary/aromatic N) is 1. The third-order valence-electron chi connectivity index (χ3n) is 1.89. The Kier molecular flexibility index (Phi) is 4.13. The molecule has 0 aliphatic heterocycles. The fourth-order valence-corrected chi connectivity index (χ4v) is 0.859. The first-order valence-electron chi connectivity index (χ1n) is 4.58. The van der Waals surface area contributed by atoms with Gasteiger partial charge >= 0.3 is 0 Å². The minimum Gasteiger partial charge on any atom is -0.391 e. The summed E-state index contributed by atoms with van der Waals surface area (Å²) in [5.41, 5.74) is 1.65. The fraction of sp³-hybridized carbons (Fsp3) is 0.364. The molecule has 0 heterocycles. The highest BCUT2D eigenvalue weighted by Crippen LogP contribution is 2.01. The van der Waals surface area contributed by atoms with Crippen molar-refractivity contribution < 1.29 is 9.94 Å². The lowest BCUT2D eigenvalue weighted by molar-refractivity contribution is 0.125. The third kappa shape index (κ3) is 3.58. The second kappa shape index (κ2) is 5.40. The number of rotatable bonds is 4. The first-order valence-corrected chi connectivity index (χ1v) is 4.58. The Morgan fingerprint density at radius 3 is 2.64 bits per heavy atom. The van der Waals surface area contributed by atoms with Gasteiger partial charge in [-0.1, -0.05) is 35.5 Å². The molecule has 1 unspecified atom stereocenters. The number of hydrogen-bond acceptors (Lipinski definition) is 3. The van der Waals surface area contributed by atoms with E-state index in [1.807, 2.05) is 30.3 Å². The van der Waals surface area contributed by atoms with E-state index in [0.717, 1.165) is 5.56 Å². The maximum Gasteiger partial charge on any atom is 0.142 e. The normalized spacial score (nSPS) is 13.8. The fourth-order valence-electron chi connectivity index (χ4n) is 0.859. The van der Waals surface area contributed by atoms with Crippen LogP contribution in [0.3, 0.4) is 0 Å². The molecule has 0 radical (unpaired) electrons. The average Bonchev–Trinajstić information content (AvgIpc) is 2.19. The molecule has 0 aliphatic carbocycles. The van der Waals surface area contributed by atoms with Crippen LogP contribution in [0.4, 0.5) is 0 Å². The monoisotopic (exact) mass is 193 g/mol. The lowest BCUT2D eigenvalue weighted by atomic mass is 10.2. The van der Waals surface area contributed by atoms with Gasteiger partial charge in [-0.3, -0.25) is 0 Å². The molecule has 0 aromatic heterocycles. The minimum atomic E-state index is -0.550. The van der Waals surface area contributed by atoms with E-state index in [9.17, 15) is 0 Å². The Morgan fingerprint density at radius 2 is 2.07 bits per heavy atom. The Bertz CT molecular complexity index is 293. The van der Waals surface area contributed by atoms with Gasteiger partial charge in [0.2, 0.25) is 0 Å². The van der Waals surface area contributed by atoms with Crippen molar-refractivity contribution in [3.63, 3.8) is 0 Å². The molecule has 0 saturated heterocycles. The molecular weight excluding hydrogens is 178 g/mol. The molecule has 1 rings (SSSR count). The van der Waals surface area contributed by atoms with Gasteiger partial charge in [0.25, 0.3) is 0 Å². The zero-order valence-electron chi connectivity index (χ0n) is 8.47. The number of aliphatic hydroxyl groups excluding tert-OH is 1. The highest BCUT2D eigenvalue weighted by atomic mass is 16.6. The van der Waals surface area contributed by atoms with Crippen LogP contribution in [0.2, 0.25) is 0 Å². The number of benzene rings is 1. The molecule has 76 valence electrons. The maximum atomic E-state index is 9.11. The topological polar surface area (TPSA) is 41.8 Å². The molecule has 1 aromatic carbocycles. The van der Waals surface area contributed by atoms with Crippen molar-refractivity contribution >= 4 is 5.71 Å². The Balaban J connectivity index is 2.39. The molecular formula is C11H15NO2. The summed E-state index contributed by atoms with van der Waals surface area (Å²) in [6, 6.07) is 9.78. The number of hydrogen-bond donors (Lipinski definition) is 1. The summed E-state index contributed by atoms with van der Waals surface area (Å²) < 4.78 is 0. The molecule has 0 spiro atoms. The molecule has 3 heteroatoms. The standard InChI is InChI=1S/C11H15NO2/c1-9(10(2)13)12-14-8-11-6-4-3-5-7-11/h3-7,10,13H,8H2,1-2H3/b12-9+. The summed E-state index contributed by atoms with van der Waals surface area (Å²) in [5, 5.41) is 12.9. The maximum absolute atomic E-state index is 9.11. The van der Waals surface area contributed by atoms with E-state index in [4.69, 9.17) is 9.94 Å². The lowest BCUT2D eigenvalue weighted by Crippen LogP contribution is -2.12. The van der Waals surface area contributed by atoms with Crippen LogP contribution in [0.1, 0.15) is 19.4 Å². The predicted octanol–water partition coefficient (Wildman–Crippen LogP) is 1.96. The van der Waals surface area contributed by atoms with Gasteiger partial charge in [-0.2, -0.15) is 0 Å². The highest BCUT2D eigenvalue weighted by Gasteiger charge is 1.99. The minimum absolute atomic E-state index is 0.435. The van der Waals surface area contributed by atoms with Crippen LogP contribution in [-0.4, -0.2) is 16.9 Å². The molecule has 0 bridgehead atoms. The van der Waals surface area contributed by atoms with Gasteiger partial charge in [0.1, 0.15) is 6.61 Å². The van der Waals surface area contributed by atoms with Gasteiger partial charge in [-0.05, 0) is 19.4 Å². The van der Waals surface area contributed by atoms with Gasteiger partial charge in [-0.25, -0.2) is 0 Å². The predicted molar refractivity (Wildman–Crippen MR) is 56.0 cm³/mol. The van der Waals surface area contributed by atoms with E-state index in [-0.39, 0.29) is 0 Å². The highest BCUT2D eigenvalue weighted by molar-refractivity contribution is 5.85. The van der Waals surface area contributed by atoms with Gasteiger partial charge in [0, 0.05) is 0 Å². The van der Waals surface area contributed by atoms with E-state index >= 15 is 0 Å². The Morgan fingerprint density at radius 1 is 1.43 bits per heavy atom. The van der Waals surface area contributed by atoms with Crippen molar-refractivity contribution in [1.82, 2.24) is 0 Å². The number of oxime groups is 1. The van der Waals surface area contributed by atoms with Crippen molar-refractivity contribution in [2.45, 2.75) is 26.6 Å². The van der Waals surface area contributed by atoms with E-state index in [0.29, 0.717) is 12.3 Å². The van der Waals surface area contributed by atoms with Crippen molar-refractivity contribution in [2.24, 2.45) is 5.16 Å². The van der Waals surface area contributed by atoms with Crippen molar-refractivity contribution in [1.29, 1.82) is 0 Å². The quantitative estimate of drug-likeness (QED) is 0.586. The largest absolute Gasteiger partial charge is 0.391 e. The van der Waals surface area contributed by atoms with Gasteiger partial charge in [0.05, 0.1) is 11.8 Å². The second-order valence-corrected chi connectivity index (χ2v) is 3.17. The van der Waals surface area contributed by atoms with Crippen molar-refractivity contribution in [2.75, 3.05) is 0 Å². The van der Waals surface area contributed by atoms with Gasteiger partial charge < -0.3 is 9.94 Å². The Hall–Kier alpha value is -1.35. The zero-order valence-corrected chi connectivity index (χ0v) is 8.47. The third-order valence-corrected chi connectivity index (χ3v) is 1.89. The van der Waals surface area contributed by atoms with Crippen molar-refractivity contribution in [3.8, 4) is 0 Å². The van der Waals surface area contributed by atoms with E-state index in [2.05, 4.69) is 5.16 Å². The summed E-state index contributed by atoms with van der Waals surface area (Å²) in [5.74, 6) is 0. The van der Waals surface area contributed by atoms with Crippen LogP contribution in [0.5, 0.6) is 0 Å². The molecule has 0 amide bonds. The SMILES string of the molecule is C/C(=N\OCc1ccccc1)C(C)O. The van der Waals surface area contributed by atoms with Gasteiger partial charge in [0.15, 0.2) is 0 Å². The lowest BCUT2D eigenvalue weighted by Gasteiger charge is -2.03. The van der Waals surface area contributed by atoms with Crippen LogP contribution >= 0.6 is 0 Å². The molecule has 3 nitrogen and oxygen atoms in total. The summed E-state index contributed by atoms with van der Waals surface area (Å²) in [4.78, 5) is 5.07. The molecule has 1 aromatic rings. The zero-order chi connectivity index (χ0) is 10.4. The van der Waals surface area contributed by atoms with Crippen LogP contribution in [0.15, 0.2) is 35.5 Å². The van der Waals surface area contributed by atoms with Gasteiger partial charge in [-0.15, -0.1) is 0 Å². The molecule has 0 aliphatic rings. The van der Waals surface area contributed by atoms with Crippen LogP contribution < -0.4 is 0 Å². The molecule has 0 fully saturated rings. The van der Waals surface area contributed by atoms with Crippen LogP contribution in [-0.2, 0) is 11.4 Å². The number of aliphatic hydroxyl groups is 1. The molecule has 14 heavy (non-hydrogen) atoms. The summed E-state index contributed by atoms with van der Waals surface area (Å²) in [7, 11) is 0. The first-order chi connectivity index (χ1) is 6.70. The van der Waals surface area contributed by atoms with Crippen LogP contribution in [0, 0.1) is 0 Å². The molecule has 0 saturated carbocycles. The van der Waals surface area contributed by atoms with Crippen molar-refractivity contribution in [3.05, 3.63) is 35.9 Å². The summed E-state index contributed by atoms with van der Waals surface area (Å²) in [6.07, 6.45) is -0.550. The Labute approximate surface area is 84.0 Å². The summed E-state index contributed by atoms with van der Waals surface area (Å²) in [6.45, 7) is 3.82.